The lowest BCUT2D eigenvalue weighted by molar-refractivity contribution is -0.117. The molecule has 1 amide bonds. The van der Waals surface area contributed by atoms with Gasteiger partial charge in [-0.2, -0.15) is 10.1 Å². The van der Waals surface area contributed by atoms with Crippen LogP contribution in [0.3, 0.4) is 0 Å². The van der Waals surface area contributed by atoms with Crippen molar-refractivity contribution in [2.24, 2.45) is 13.0 Å². The molecule has 1 saturated carbocycles. The molecule has 168 valence electrons. The molecule has 2 atom stereocenters. The Morgan fingerprint density at radius 3 is 2.94 bits per heavy atom. The summed E-state index contributed by atoms with van der Waals surface area (Å²) in [4.78, 5) is 22.9. The summed E-state index contributed by atoms with van der Waals surface area (Å²) in [6.07, 6.45) is 12.8. The van der Waals surface area contributed by atoms with Crippen molar-refractivity contribution >= 4 is 35.0 Å². The first kappa shape index (κ1) is 23.0. The van der Waals surface area contributed by atoms with Crippen molar-refractivity contribution in [3.63, 3.8) is 0 Å². The number of nitrogens with zero attached hydrogens (tertiary/aromatic N) is 5. The summed E-state index contributed by atoms with van der Waals surface area (Å²) in [5, 5.41) is 14.2. The molecule has 1 aliphatic carbocycles. The van der Waals surface area contributed by atoms with Crippen LogP contribution in [0.4, 0.5) is 17.5 Å². The highest BCUT2D eigenvalue weighted by molar-refractivity contribution is 6.32. The summed E-state index contributed by atoms with van der Waals surface area (Å²) in [6.45, 7) is 1.49. The number of hydrogen-bond donors (Lipinski definition) is 3. The van der Waals surface area contributed by atoms with E-state index in [0.717, 1.165) is 44.5 Å². The maximum atomic E-state index is 12.1. The quantitative estimate of drug-likeness (QED) is 0.509. The highest BCUT2D eigenvalue weighted by atomic mass is 35.5. The molecule has 1 fully saturated rings. The second kappa shape index (κ2) is 11.1. The van der Waals surface area contributed by atoms with Crippen molar-refractivity contribution in [3.05, 3.63) is 35.8 Å². The van der Waals surface area contributed by atoms with Gasteiger partial charge in [-0.1, -0.05) is 24.1 Å². The van der Waals surface area contributed by atoms with Crippen molar-refractivity contribution in [2.45, 2.75) is 31.7 Å². The van der Waals surface area contributed by atoms with Gasteiger partial charge in [0.05, 0.1) is 18.1 Å². The predicted octanol–water partition coefficient (Wildman–Crippen LogP) is 2.81. The zero-order valence-corrected chi connectivity index (χ0v) is 19.1. The number of halogens is 1. The maximum absolute atomic E-state index is 12.1. The van der Waals surface area contributed by atoms with Gasteiger partial charge in [0.1, 0.15) is 5.02 Å². The van der Waals surface area contributed by atoms with Gasteiger partial charge in [0.15, 0.2) is 5.82 Å². The summed E-state index contributed by atoms with van der Waals surface area (Å²) in [7, 11) is 5.80. The van der Waals surface area contributed by atoms with Gasteiger partial charge in [0, 0.05) is 38.5 Å². The number of likely N-dealkylation sites (N-methyl/N-ethyl adjacent to an activating group) is 1. The van der Waals surface area contributed by atoms with E-state index in [1.165, 1.54) is 0 Å². The van der Waals surface area contributed by atoms with Gasteiger partial charge in [0.2, 0.25) is 11.9 Å². The normalized spacial score (nSPS) is 19.0. The number of aromatic nitrogens is 4. The number of aryl methyl sites for hydroxylation is 1. The average molecular weight is 447 g/mol. The van der Waals surface area contributed by atoms with Crippen LogP contribution in [-0.4, -0.2) is 63.8 Å². The Kier molecular flexibility index (Phi) is 8.25. The molecule has 3 rings (SSSR count). The largest absolute Gasteiger partial charge is 0.368 e. The summed E-state index contributed by atoms with van der Waals surface area (Å²) in [6, 6.07) is 0.195. The number of amides is 1. The topological polar surface area (TPSA) is 100 Å². The minimum absolute atomic E-state index is 0.0228. The van der Waals surface area contributed by atoms with Crippen molar-refractivity contribution < 1.29 is 4.79 Å². The third kappa shape index (κ3) is 7.52. The number of hydrogen-bond acceptors (Lipinski definition) is 7. The smallest absolute Gasteiger partial charge is 0.243 e. The fourth-order valence-electron chi connectivity index (χ4n) is 3.63. The predicted molar refractivity (Wildman–Crippen MR) is 124 cm³/mol. The molecule has 0 bridgehead atoms. The lowest BCUT2D eigenvalue weighted by Crippen LogP contribution is -2.39. The third-order valence-electron chi connectivity index (χ3n) is 5.13. The number of anilines is 3. The number of carbonyl (C=O) groups excluding carboxylic acids is 1. The molecule has 0 saturated heterocycles. The van der Waals surface area contributed by atoms with Gasteiger partial charge in [-0.3, -0.25) is 9.48 Å². The highest BCUT2D eigenvalue weighted by Crippen LogP contribution is 2.26. The summed E-state index contributed by atoms with van der Waals surface area (Å²) >= 11 is 6.29. The van der Waals surface area contributed by atoms with E-state index in [0.29, 0.717) is 22.7 Å². The molecule has 2 heterocycles. The molecule has 31 heavy (non-hydrogen) atoms. The van der Waals surface area contributed by atoms with Crippen LogP contribution in [0.1, 0.15) is 25.7 Å². The van der Waals surface area contributed by atoms with E-state index in [9.17, 15) is 4.79 Å². The third-order valence-corrected chi connectivity index (χ3v) is 5.41. The lowest BCUT2D eigenvalue weighted by atomic mass is 9.85. The minimum Gasteiger partial charge on any atom is -0.368 e. The second-order valence-corrected chi connectivity index (χ2v) is 8.61. The first-order valence-electron chi connectivity index (χ1n) is 10.5. The van der Waals surface area contributed by atoms with Crippen molar-refractivity contribution in [1.82, 2.24) is 30.0 Å². The SMILES string of the molecule is CN(C)C/C=C/C(=O)N[C@@H]1CCCC(CNc2nc(Nc3cnn(C)c3)ncc2Cl)C1. The fraction of sp³-hybridized carbons (Fsp3) is 0.524. The van der Waals surface area contributed by atoms with E-state index in [4.69, 9.17) is 11.6 Å². The van der Waals surface area contributed by atoms with Crippen LogP contribution in [0.15, 0.2) is 30.7 Å². The van der Waals surface area contributed by atoms with E-state index in [1.54, 1.807) is 23.2 Å². The Morgan fingerprint density at radius 2 is 2.19 bits per heavy atom. The maximum Gasteiger partial charge on any atom is 0.243 e. The van der Waals surface area contributed by atoms with Gasteiger partial charge in [0.25, 0.3) is 0 Å². The average Bonchev–Trinajstić information content (AvgIpc) is 3.13. The van der Waals surface area contributed by atoms with Gasteiger partial charge in [-0.25, -0.2) is 4.98 Å². The first-order chi connectivity index (χ1) is 14.9. The summed E-state index contributed by atoms with van der Waals surface area (Å²) in [5.41, 5.74) is 0.807. The molecule has 0 radical (unpaired) electrons. The Bertz CT molecular complexity index is 897. The molecular weight excluding hydrogens is 416 g/mol. The molecule has 3 N–H and O–H groups in total. The Morgan fingerprint density at radius 1 is 1.35 bits per heavy atom. The van der Waals surface area contributed by atoms with Crippen LogP contribution in [0.2, 0.25) is 5.02 Å². The molecule has 2 aromatic rings. The first-order valence-corrected chi connectivity index (χ1v) is 10.9. The van der Waals surface area contributed by atoms with Crippen LogP contribution in [0.25, 0.3) is 0 Å². The van der Waals surface area contributed by atoms with E-state index < -0.39 is 0 Å². The molecule has 0 aromatic carbocycles. The minimum atomic E-state index is -0.0228. The molecule has 1 aliphatic rings. The molecule has 2 aromatic heterocycles. The van der Waals surface area contributed by atoms with Gasteiger partial charge in [-0.05, 0) is 39.3 Å². The van der Waals surface area contributed by atoms with Crippen molar-refractivity contribution in [3.8, 4) is 0 Å². The number of nitrogens with one attached hydrogen (secondary N) is 3. The molecule has 0 aliphatic heterocycles. The standard InChI is InChI=1S/C21H31ClN8O/c1-29(2)9-5-8-19(31)26-16-7-4-6-15(10-16)11-23-20-18(22)13-24-21(28-20)27-17-12-25-30(3)14-17/h5,8,12-16H,4,6-7,9-11H2,1-3H3,(H,26,31)(H2,23,24,27,28)/b8-5+/t15?,16-/m1/s1. The Balaban J connectivity index is 1.50. The molecule has 9 nitrogen and oxygen atoms in total. The lowest BCUT2D eigenvalue weighted by Gasteiger charge is -2.29. The van der Waals surface area contributed by atoms with Crippen LogP contribution in [0, 0.1) is 5.92 Å². The van der Waals surface area contributed by atoms with E-state index in [2.05, 4.69) is 31.0 Å². The second-order valence-electron chi connectivity index (χ2n) is 8.20. The fourth-order valence-corrected chi connectivity index (χ4v) is 3.79. The van der Waals surface area contributed by atoms with Crippen LogP contribution < -0.4 is 16.0 Å². The van der Waals surface area contributed by atoms with Crippen molar-refractivity contribution in [2.75, 3.05) is 37.8 Å². The van der Waals surface area contributed by atoms with Gasteiger partial charge in [-0.15, -0.1) is 0 Å². The van der Waals surface area contributed by atoms with Gasteiger partial charge < -0.3 is 20.9 Å². The van der Waals surface area contributed by atoms with E-state index >= 15 is 0 Å². The number of carbonyl (C=O) groups is 1. The monoisotopic (exact) mass is 446 g/mol. The van der Waals surface area contributed by atoms with Crippen molar-refractivity contribution in [1.29, 1.82) is 0 Å². The van der Waals surface area contributed by atoms with E-state index in [-0.39, 0.29) is 11.9 Å². The molecular formula is C21H31ClN8O. The summed E-state index contributed by atoms with van der Waals surface area (Å²) < 4.78 is 1.70. The van der Waals surface area contributed by atoms with Crippen LogP contribution in [0.5, 0.6) is 0 Å². The Hall–Kier alpha value is -2.65. The molecule has 10 heteroatoms. The van der Waals surface area contributed by atoms with E-state index in [1.807, 2.05) is 38.3 Å². The molecule has 0 spiro atoms. The Labute approximate surface area is 188 Å². The van der Waals surface area contributed by atoms with Crippen LogP contribution >= 0.6 is 11.6 Å². The number of rotatable bonds is 9. The summed E-state index contributed by atoms with van der Waals surface area (Å²) in [5.74, 6) is 1.47. The highest BCUT2D eigenvalue weighted by Gasteiger charge is 2.23. The zero-order chi connectivity index (χ0) is 22.2. The zero-order valence-electron chi connectivity index (χ0n) is 18.3. The van der Waals surface area contributed by atoms with Gasteiger partial charge >= 0.3 is 0 Å². The molecule has 1 unspecified atom stereocenters. The van der Waals surface area contributed by atoms with Crippen LogP contribution in [-0.2, 0) is 11.8 Å².